The van der Waals surface area contributed by atoms with Crippen molar-refractivity contribution in [2.24, 2.45) is 0 Å². The number of amides is 1. The van der Waals surface area contributed by atoms with Crippen LogP contribution in [0.3, 0.4) is 0 Å². The molecular weight excluding hydrogens is 364 g/mol. The van der Waals surface area contributed by atoms with Crippen LogP contribution in [0.2, 0.25) is 5.02 Å². The van der Waals surface area contributed by atoms with E-state index >= 15 is 0 Å². The molecule has 5 nitrogen and oxygen atoms in total. The van der Waals surface area contributed by atoms with Gasteiger partial charge in [0.25, 0.3) is 5.91 Å². The lowest BCUT2D eigenvalue weighted by Crippen LogP contribution is -2.36. The second-order valence-electron chi connectivity index (χ2n) is 6.64. The van der Waals surface area contributed by atoms with Crippen molar-refractivity contribution in [1.29, 1.82) is 0 Å². The Morgan fingerprint density at radius 2 is 1.89 bits per heavy atom. The van der Waals surface area contributed by atoms with Crippen LogP contribution in [0.5, 0.6) is 5.75 Å². The van der Waals surface area contributed by atoms with E-state index in [2.05, 4.69) is 34.5 Å². The molecule has 144 valence electrons. The van der Waals surface area contributed by atoms with E-state index in [0.29, 0.717) is 17.3 Å². The third kappa shape index (κ3) is 6.24. The van der Waals surface area contributed by atoms with Crippen molar-refractivity contribution in [2.45, 2.75) is 26.1 Å². The Balaban J connectivity index is 1.45. The maximum Gasteiger partial charge on any atom is 0.261 e. The van der Waals surface area contributed by atoms with Crippen molar-refractivity contribution in [3.05, 3.63) is 64.7 Å². The average molecular weight is 389 g/mol. The van der Waals surface area contributed by atoms with Gasteiger partial charge in [-0.15, -0.1) is 0 Å². The molecule has 0 radical (unpaired) electrons. The highest BCUT2D eigenvalue weighted by Crippen LogP contribution is 2.18. The fraction of sp³-hybridized carbons (Fsp3) is 0.381. The number of hydrogen-bond acceptors (Lipinski definition) is 4. The zero-order valence-corrected chi connectivity index (χ0v) is 16.2. The highest BCUT2D eigenvalue weighted by Gasteiger charge is 2.15. The fourth-order valence-electron chi connectivity index (χ4n) is 2.91. The number of ether oxygens (including phenoxy) is 2. The molecule has 1 N–H and O–H groups in total. The summed E-state index contributed by atoms with van der Waals surface area (Å²) in [5.74, 6) is 0.421. The van der Waals surface area contributed by atoms with Gasteiger partial charge in [-0.1, -0.05) is 41.9 Å². The lowest BCUT2D eigenvalue weighted by atomic mass is 10.1. The molecule has 1 aliphatic heterocycles. The molecule has 1 atom stereocenters. The highest BCUT2D eigenvalue weighted by atomic mass is 35.5. The van der Waals surface area contributed by atoms with Crippen LogP contribution in [0, 0.1) is 0 Å². The van der Waals surface area contributed by atoms with Crippen LogP contribution < -0.4 is 10.1 Å². The van der Waals surface area contributed by atoms with Crippen LogP contribution in [0.4, 0.5) is 0 Å². The van der Waals surface area contributed by atoms with Crippen molar-refractivity contribution in [3.63, 3.8) is 0 Å². The molecular formula is C21H25ClN2O3. The summed E-state index contributed by atoms with van der Waals surface area (Å²) in [5.41, 5.74) is 2.33. The zero-order chi connectivity index (χ0) is 19.1. The first kappa shape index (κ1) is 19.7. The first-order valence-electron chi connectivity index (χ1n) is 9.18. The minimum atomic E-state index is -0.593. The van der Waals surface area contributed by atoms with Gasteiger partial charge in [-0.3, -0.25) is 9.69 Å². The molecule has 27 heavy (non-hydrogen) atoms. The number of carbonyl (C=O) groups excluding carboxylic acids is 1. The van der Waals surface area contributed by atoms with E-state index in [4.69, 9.17) is 21.1 Å². The van der Waals surface area contributed by atoms with E-state index in [1.165, 1.54) is 5.56 Å². The van der Waals surface area contributed by atoms with Gasteiger partial charge >= 0.3 is 0 Å². The molecule has 0 spiro atoms. The Morgan fingerprint density at radius 3 is 2.59 bits per heavy atom. The maximum atomic E-state index is 12.2. The monoisotopic (exact) mass is 388 g/mol. The fourth-order valence-corrected chi connectivity index (χ4v) is 3.09. The number of morpholine rings is 1. The van der Waals surface area contributed by atoms with Crippen LogP contribution in [0.25, 0.3) is 0 Å². The normalized spacial score (nSPS) is 15.9. The first-order valence-corrected chi connectivity index (χ1v) is 9.56. The standard InChI is InChI=1S/C21H25ClN2O3/c1-16(27-20-4-2-3-19(22)13-20)21(25)23-14-17-5-7-18(8-6-17)15-24-9-11-26-12-10-24/h2-8,13,16H,9-12,14-15H2,1H3,(H,23,25)/t16-/m0/s1. The molecule has 3 rings (SSSR count). The van der Waals surface area contributed by atoms with E-state index in [-0.39, 0.29) is 5.91 Å². The third-order valence-electron chi connectivity index (χ3n) is 4.48. The summed E-state index contributed by atoms with van der Waals surface area (Å²) in [6.07, 6.45) is -0.593. The molecule has 1 saturated heterocycles. The zero-order valence-electron chi connectivity index (χ0n) is 15.5. The number of hydrogen-bond donors (Lipinski definition) is 1. The molecule has 2 aromatic rings. The second kappa shape index (κ2) is 9.74. The lowest BCUT2D eigenvalue weighted by molar-refractivity contribution is -0.127. The van der Waals surface area contributed by atoms with Gasteiger partial charge in [-0.05, 0) is 36.2 Å². The Labute approximate surface area is 165 Å². The number of benzene rings is 2. The summed E-state index contributed by atoms with van der Waals surface area (Å²) in [6, 6.07) is 15.4. The Hall–Kier alpha value is -2.08. The van der Waals surface area contributed by atoms with Crippen molar-refractivity contribution in [2.75, 3.05) is 26.3 Å². The SMILES string of the molecule is C[C@H](Oc1cccc(Cl)c1)C(=O)NCc1ccc(CN2CCOCC2)cc1. The van der Waals surface area contributed by atoms with E-state index in [0.717, 1.165) is 38.4 Å². The number of nitrogens with zero attached hydrogens (tertiary/aromatic N) is 1. The van der Waals surface area contributed by atoms with E-state index < -0.39 is 6.10 Å². The smallest absolute Gasteiger partial charge is 0.261 e. The number of carbonyl (C=O) groups is 1. The maximum absolute atomic E-state index is 12.2. The van der Waals surface area contributed by atoms with Gasteiger partial charge in [0.15, 0.2) is 6.10 Å². The van der Waals surface area contributed by atoms with Crippen molar-refractivity contribution < 1.29 is 14.3 Å². The molecule has 1 amide bonds. The largest absolute Gasteiger partial charge is 0.481 e. The molecule has 0 aromatic heterocycles. The molecule has 1 fully saturated rings. The molecule has 6 heteroatoms. The Bertz CT molecular complexity index is 745. The summed E-state index contributed by atoms with van der Waals surface area (Å²) < 4.78 is 11.0. The lowest BCUT2D eigenvalue weighted by Gasteiger charge is -2.26. The Kier molecular flexibility index (Phi) is 7.10. The van der Waals surface area contributed by atoms with Crippen LogP contribution in [-0.2, 0) is 22.6 Å². The number of halogens is 1. The molecule has 0 bridgehead atoms. The summed E-state index contributed by atoms with van der Waals surface area (Å²) in [6.45, 7) is 6.69. The van der Waals surface area contributed by atoms with E-state index in [1.54, 1.807) is 31.2 Å². The van der Waals surface area contributed by atoms with Crippen molar-refractivity contribution >= 4 is 17.5 Å². The van der Waals surface area contributed by atoms with Crippen LogP contribution >= 0.6 is 11.6 Å². The quantitative estimate of drug-likeness (QED) is 0.791. The second-order valence-corrected chi connectivity index (χ2v) is 7.08. The molecule has 0 saturated carbocycles. The van der Waals surface area contributed by atoms with Gasteiger partial charge in [-0.2, -0.15) is 0 Å². The van der Waals surface area contributed by atoms with Gasteiger partial charge in [0.1, 0.15) is 5.75 Å². The predicted octanol–water partition coefficient (Wildman–Crippen LogP) is 3.26. The van der Waals surface area contributed by atoms with E-state index in [9.17, 15) is 4.79 Å². The summed E-state index contributed by atoms with van der Waals surface area (Å²) in [5, 5.41) is 3.49. The van der Waals surface area contributed by atoms with Gasteiger partial charge in [0, 0.05) is 31.2 Å². The van der Waals surface area contributed by atoms with Gasteiger partial charge in [0.05, 0.1) is 13.2 Å². The molecule has 1 aliphatic rings. The summed E-state index contributed by atoms with van der Waals surface area (Å²) >= 11 is 5.93. The number of rotatable bonds is 7. The van der Waals surface area contributed by atoms with Crippen LogP contribution in [0.1, 0.15) is 18.1 Å². The van der Waals surface area contributed by atoms with Gasteiger partial charge < -0.3 is 14.8 Å². The topological polar surface area (TPSA) is 50.8 Å². The van der Waals surface area contributed by atoms with Crippen LogP contribution in [-0.4, -0.2) is 43.2 Å². The van der Waals surface area contributed by atoms with Crippen molar-refractivity contribution in [3.8, 4) is 5.75 Å². The van der Waals surface area contributed by atoms with Crippen LogP contribution in [0.15, 0.2) is 48.5 Å². The third-order valence-corrected chi connectivity index (χ3v) is 4.71. The van der Waals surface area contributed by atoms with Gasteiger partial charge in [0.2, 0.25) is 0 Å². The highest BCUT2D eigenvalue weighted by molar-refractivity contribution is 6.30. The van der Waals surface area contributed by atoms with Gasteiger partial charge in [-0.25, -0.2) is 0 Å². The molecule has 0 aliphatic carbocycles. The molecule has 2 aromatic carbocycles. The minimum absolute atomic E-state index is 0.160. The molecule has 0 unspecified atom stereocenters. The minimum Gasteiger partial charge on any atom is -0.481 e. The average Bonchev–Trinajstić information content (AvgIpc) is 2.68. The predicted molar refractivity (Wildman–Crippen MR) is 106 cm³/mol. The number of nitrogens with one attached hydrogen (secondary N) is 1. The summed E-state index contributed by atoms with van der Waals surface area (Å²) in [7, 11) is 0. The van der Waals surface area contributed by atoms with E-state index in [1.807, 2.05) is 0 Å². The Morgan fingerprint density at radius 1 is 1.19 bits per heavy atom. The van der Waals surface area contributed by atoms with Crippen molar-refractivity contribution in [1.82, 2.24) is 10.2 Å². The first-order chi connectivity index (χ1) is 13.1. The summed E-state index contributed by atoms with van der Waals surface area (Å²) in [4.78, 5) is 14.6. The molecule has 1 heterocycles.